The van der Waals surface area contributed by atoms with Crippen LogP contribution in [0.25, 0.3) is 10.9 Å². The van der Waals surface area contributed by atoms with Crippen molar-refractivity contribution in [2.75, 3.05) is 0 Å². The molecule has 0 saturated heterocycles. The van der Waals surface area contributed by atoms with Crippen molar-refractivity contribution in [3.8, 4) is 0 Å². The van der Waals surface area contributed by atoms with E-state index < -0.39 is 0 Å². The fourth-order valence-corrected chi connectivity index (χ4v) is 1.83. The quantitative estimate of drug-likeness (QED) is 0.841. The van der Waals surface area contributed by atoms with Gasteiger partial charge in [0.25, 0.3) is 0 Å². The Hall–Kier alpha value is -1.35. The summed E-state index contributed by atoms with van der Waals surface area (Å²) in [7, 11) is 0. The standard InChI is InChI=1S/C11H11ClN2O.C2H6/c1-6(2)9-7-4-3-5-8(12)10(7)14-11(15)13-9;1-2/h3-6H,1-2H3,(H,13,14,15);1-2H3. The van der Waals surface area contributed by atoms with Crippen molar-refractivity contribution in [1.82, 2.24) is 9.97 Å². The molecule has 0 unspecified atom stereocenters. The Morgan fingerprint density at radius 3 is 2.53 bits per heavy atom. The molecule has 0 fully saturated rings. The molecule has 1 heterocycles. The number of fused-ring (bicyclic) bond motifs is 1. The number of nitrogens with one attached hydrogen (secondary N) is 1. The molecule has 0 amide bonds. The fourth-order valence-electron chi connectivity index (χ4n) is 1.61. The van der Waals surface area contributed by atoms with E-state index >= 15 is 0 Å². The maximum atomic E-state index is 11.3. The van der Waals surface area contributed by atoms with Crippen molar-refractivity contribution in [2.24, 2.45) is 0 Å². The number of halogens is 1. The number of para-hydroxylation sites is 1. The van der Waals surface area contributed by atoms with E-state index in [0.29, 0.717) is 10.5 Å². The lowest BCUT2D eigenvalue weighted by Crippen LogP contribution is -2.14. The number of benzene rings is 1. The van der Waals surface area contributed by atoms with Crippen molar-refractivity contribution in [3.63, 3.8) is 0 Å². The van der Waals surface area contributed by atoms with E-state index in [1.807, 2.05) is 39.8 Å². The van der Waals surface area contributed by atoms with Crippen LogP contribution in [-0.4, -0.2) is 9.97 Å². The molecule has 17 heavy (non-hydrogen) atoms. The first-order valence-electron chi connectivity index (χ1n) is 5.78. The van der Waals surface area contributed by atoms with E-state index in [1.54, 1.807) is 6.07 Å². The number of H-pyrrole nitrogens is 1. The largest absolute Gasteiger partial charge is 0.345 e. The van der Waals surface area contributed by atoms with Gasteiger partial charge in [-0.1, -0.05) is 51.4 Å². The molecule has 2 aromatic rings. The molecular formula is C13H17ClN2O. The zero-order chi connectivity index (χ0) is 13.0. The van der Waals surface area contributed by atoms with Crippen molar-refractivity contribution < 1.29 is 0 Å². The van der Waals surface area contributed by atoms with E-state index in [0.717, 1.165) is 11.1 Å². The number of aromatic amines is 1. The predicted octanol–water partition coefficient (Wildman–Crippen LogP) is 3.73. The number of hydrogen-bond acceptors (Lipinski definition) is 2. The first kappa shape index (κ1) is 13.7. The zero-order valence-corrected chi connectivity index (χ0v) is 11.3. The molecule has 1 aromatic carbocycles. The van der Waals surface area contributed by atoms with Gasteiger partial charge in [0.15, 0.2) is 0 Å². The van der Waals surface area contributed by atoms with Gasteiger partial charge in [-0.25, -0.2) is 4.79 Å². The number of nitrogens with zero attached hydrogens (tertiary/aromatic N) is 1. The van der Waals surface area contributed by atoms with Crippen LogP contribution in [0.3, 0.4) is 0 Å². The minimum Gasteiger partial charge on any atom is -0.309 e. The molecule has 0 saturated carbocycles. The van der Waals surface area contributed by atoms with Crippen LogP contribution >= 0.6 is 11.6 Å². The van der Waals surface area contributed by atoms with Crippen LogP contribution in [0.5, 0.6) is 0 Å². The Kier molecular flexibility index (Phi) is 4.70. The molecule has 1 N–H and O–H groups in total. The SMILES string of the molecule is CC.CC(C)c1[nH]c(=O)nc2c(Cl)cccc12. The van der Waals surface area contributed by atoms with E-state index in [9.17, 15) is 4.79 Å². The minimum absolute atomic E-state index is 0.238. The molecule has 2 rings (SSSR count). The van der Waals surface area contributed by atoms with Crippen LogP contribution in [0, 0.1) is 0 Å². The minimum atomic E-state index is -0.348. The van der Waals surface area contributed by atoms with Crippen LogP contribution in [0.1, 0.15) is 39.3 Å². The Morgan fingerprint density at radius 1 is 1.29 bits per heavy atom. The van der Waals surface area contributed by atoms with Gasteiger partial charge in [-0.3, -0.25) is 0 Å². The molecule has 0 spiro atoms. The van der Waals surface area contributed by atoms with Gasteiger partial charge in [0, 0.05) is 11.1 Å². The van der Waals surface area contributed by atoms with Crippen molar-refractivity contribution in [2.45, 2.75) is 33.6 Å². The Morgan fingerprint density at radius 2 is 1.94 bits per heavy atom. The summed E-state index contributed by atoms with van der Waals surface area (Å²) in [6, 6.07) is 5.51. The summed E-state index contributed by atoms with van der Waals surface area (Å²) in [5.41, 5.74) is 1.11. The van der Waals surface area contributed by atoms with E-state index in [4.69, 9.17) is 11.6 Å². The molecular weight excluding hydrogens is 236 g/mol. The normalized spacial score (nSPS) is 10.2. The summed E-state index contributed by atoms with van der Waals surface area (Å²) < 4.78 is 0. The van der Waals surface area contributed by atoms with Gasteiger partial charge in [-0.05, 0) is 12.0 Å². The van der Waals surface area contributed by atoms with Crippen molar-refractivity contribution >= 4 is 22.5 Å². The third kappa shape index (κ3) is 2.86. The average Bonchev–Trinajstić information content (AvgIpc) is 2.32. The van der Waals surface area contributed by atoms with E-state index in [-0.39, 0.29) is 11.6 Å². The highest BCUT2D eigenvalue weighted by Crippen LogP contribution is 2.25. The van der Waals surface area contributed by atoms with Crippen LogP contribution < -0.4 is 5.69 Å². The maximum absolute atomic E-state index is 11.3. The lowest BCUT2D eigenvalue weighted by molar-refractivity contribution is 0.818. The van der Waals surface area contributed by atoms with Crippen LogP contribution in [0.2, 0.25) is 5.02 Å². The highest BCUT2D eigenvalue weighted by molar-refractivity contribution is 6.35. The molecule has 0 aliphatic carbocycles. The topological polar surface area (TPSA) is 45.8 Å². The Labute approximate surface area is 106 Å². The lowest BCUT2D eigenvalue weighted by atomic mass is 10.1. The third-order valence-electron chi connectivity index (χ3n) is 2.31. The first-order valence-corrected chi connectivity index (χ1v) is 6.16. The molecule has 1 aromatic heterocycles. The van der Waals surface area contributed by atoms with Gasteiger partial charge in [0.05, 0.1) is 10.5 Å². The molecule has 0 bridgehead atoms. The van der Waals surface area contributed by atoms with Gasteiger partial charge in [-0.15, -0.1) is 0 Å². The molecule has 0 aliphatic heterocycles. The van der Waals surface area contributed by atoms with Crippen LogP contribution in [-0.2, 0) is 0 Å². The third-order valence-corrected chi connectivity index (χ3v) is 2.61. The summed E-state index contributed by atoms with van der Waals surface area (Å²) in [5, 5.41) is 1.43. The van der Waals surface area contributed by atoms with E-state index in [1.165, 1.54) is 0 Å². The fraction of sp³-hybridized carbons (Fsp3) is 0.385. The lowest BCUT2D eigenvalue weighted by Gasteiger charge is -2.08. The summed E-state index contributed by atoms with van der Waals surface area (Å²) in [6.45, 7) is 8.04. The smallest absolute Gasteiger partial charge is 0.309 e. The van der Waals surface area contributed by atoms with Gasteiger partial charge < -0.3 is 4.98 Å². The molecule has 0 atom stereocenters. The first-order chi connectivity index (χ1) is 8.09. The van der Waals surface area contributed by atoms with Crippen LogP contribution in [0.4, 0.5) is 0 Å². The van der Waals surface area contributed by atoms with Crippen LogP contribution in [0.15, 0.2) is 23.0 Å². The van der Waals surface area contributed by atoms with E-state index in [2.05, 4.69) is 9.97 Å². The second-order valence-corrected chi connectivity index (χ2v) is 4.15. The predicted molar refractivity (Wildman–Crippen MR) is 72.8 cm³/mol. The molecule has 0 aliphatic rings. The number of aromatic nitrogens is 2. The van der Waals surface area contributed by atoms with Crippen molar-refractivity contribution in [3.05, 3.63) is 39.4 Å². The molecule has 4 heteroatoms. The second-order valence-electron chi connectivity index (χ2n) is 3.75. The monoisotopic (exact) mass is 252 g/mol. The van der Waals surface area contributed by atoms with Gasteiger partial charge in [0.1, 0.15) is 0 Å². The van der Waals surface area contributed by atoms with Gasteiger partial charge in [-0.2, -0.15) is 4.98 Å². The highest BCUT2D eigenvalue weighted by Gasteiger charge is 2.09. The van der Waals surface area contributed by atoms with Gasteiger partial charge in [0.2, 0.25) is 0 Å². The summed E-state index contributed by atoms with van der Waals surface area (Å²) in [4.78, 5) is 18.0. The Balaban J connectivity index is 0.000000686. The summed E-state index contributed by atoms with van der Waals surface area (Å²) in [5.74, 6) is 0.238. The maximum Gasteiger partial charge on any atom is 0.345 e. The molecule has 0 radical (unpaired) electrons. The molecule has 3 nitrogen and oxygen atoms in total. The summed E-state index contributed by atoms with van der Waals surface area (Å²) in [6.07, 6.45) is 0. The average molecular weight is 253 g/mol. The summed E-state index contributed by atoms with van der Waals surface area (Å²) >= 11 is 5.99. The Bertz CT molecular complexity index is 561. The highest BCUT2D eigenvalue weighted by atomic mass is 35.5. The second kappa shape index (κ2) is 5.82. The zero-order valence-electron chi connectivity index (χ0n) is 10.5. The van der Waals surface area contributed by atoms with Crippen molar-refractivity contribution in [1.29, 1.82) is 0 Å². The number of rotatable bonds is 1. The van der Waals surface area contributed by atoms with Gasteiger partial charge >= 0.3 is 5.69 Å². The number of hydrogen-bond donors (Lipinski definition) is 1. The molecule has 92 valence electrons.